The topological polar surface area (TPSA) is 55.3 Å². The van der Waals surface area contributed by atoms with Gasteiger partial charge < -0.3 is 11.5 Å². The van der Waals surface area contributed by atoms with Gasteiger partial charge in [0.2, 0.25) is 0 Å². The number of nitrogens with zero attached hydrogens (tertiary/aromatic N) is 1. The molecule has 4 N–H and O–H groups in total. The van der Waals surface area contributed by atoms with E-state index in [1.165, 1.54) is 32.1 Å². The van der Waals surface area contributed by atoms with Gasteiger partial charge in [0.1, 0.15) is 0 Å². The maximum atomic E-state index is 5.58. The lowest BCUT2D eigenvalue weighted by Gasteiger charge is -2.33. The third-order valence-corrected chi connectivity index (χ3v) is 2.92. The summed E-state index contributed by atoms with van der Waals surface area (Å²) in [4.78, 5) is 2.47. The molecule has 3 nitrogen and oxygen atoms in total. The molecule has 0 bridgehead atoms. The highest BCUT2D eigenvalue weighted by molar-refractivity contribution is 4.76. The summed E-state index contributed by atoms with van der Waals surface area (Å²) in [6.45, 7) is 3.55. The van der Waals surface area contributed by atoms with E-state index >= 15 is 0 Å². The summed E-state index contributed by atoms with van der Waals surface area (Å²) >= 11 is 0. The standard InChI is InChI=1S/C10H23N3/c11-6-8-13(9-7-12)10-4-2-1-3-5-10/h10H,1-9,11-12H2. The molecule has 3 heteroatoms. The zero-order chi connectivity index (χ0) is 9.52. The number of nitrogens with two attached hydrogens (primary N) is 2. The molecule has 1 saturated carbocycles. The largest absolute Gasteiger partial charge is 0.329 e. The van der Waals surface area contributed by atoms with Crippen LogP contribution in [-0.2, 0) is 0 Å². The fourth-order valence-corrected chi connectivity index (χ4v) is 2.25. The summed E-state index contributed by atoms with van der Waals surface area (Å²) in [5, 5.41) is 0. The Balaban J connectivity index is 2.32. The van der Waals surface area contributed by atoms with Crippen LogP contribution in [0.2, 0.25) is 0 Å². The van der Waals surface area contributed by atoms with Crippen LogP contribution in [0.4, 0.5) is 0 Å². The van der Waals surface area contributed by atoms with E-state index in [1.54, 1.807) is 0 Å². The Bertz CT molecular complexity index is 115. The SMILES string of the molecule is NCCN(CCN)C1CCCCC1. The van der Waals surface area contributed by atoms with Gasteiger partial charge in [-0.2, -0.15) is 0 Å². The molecular formula is C10H23N3. The second-order valence-corrected chi connectivity index (χ2v) is 3.91. The van der Waals surface area contributed by atoms with E-state index in [1.807, 2.05) is 0 Å². The quantitative estimate of drug-likeness (QED) is 0.657. The van der Waals surface area contributed by atoms with Crippen molar-refractivity contribution in [3.63, 3.8) is 0 Å². The van der Waals surface area contributed by atoms with Gasteiger partial charge in [0.15, 0.2) is 0 Å². The first kappa shape index (κ1) is 11.0. The summed E-state index contributed by atoms with van der Waals surface area (Å²) in [5.41, 5.74) is 11.2. The predicted octanol–water partition coefficient (Wildman–Crippen LogP) is 0.538. The average Bonchev–Trinajstić information content (AvgIpc) is 2.19. The Kier molecular flexibility index (Phi) is 5.35. The van der Waals surface area contributed by atoms with Crippen LogP contribution in [0.15, 0.2) is 0 Å². The van der Waals surface area contributed by atoms with Crippen LogP contribution in [0.25, 0.3) is 0 Å². The lowest BCUT2D eigenvalue weighted by Crippen LogP contribution is -2.42. The monoisotopic (exact) mass is 185 g/mol. The Morgan fingerprint density at radius 1 is 0.923 bits per heavy atom. The highest BCUT2D eigenvalue weighted by Gasteiger charge is 2.19. The van der Waals surface area contributed by atoms with Crippen LogP contribution in [0, 0.1) is 0 Å². The molecule has 0 atom stereocenters. The first-order chi connectivity index (χ1) is 6.38. The maximum Gasteiger partial charge on any atom is 0.0108 e. The van der Waals surface area contributed by atoms with Crippen molar-refractivity contribution in [1.82, 2.24) is 4.90 Å². The van der Waals surface area contributed by atoms with Crippen LogP contribution >= 0.6 is 0 Å². The molecule has 0 radical (unpaired) electrons. The summed E-state index contributed by atoms with van der Waals surface area (Å²) in [6.07, 6.45) is 6.88. The lowest BCUT2D eigenvalue weighted by molar-refractivity contribution is 0.164. The van der Waals surface area contributed by atoms with Crippen molar-refractivity contribution in [2.75, 3.05) is 26.2 Å². The molecule has 1 aliphatic carbocycles. The molecule has 0 aromatic carbocycles. The van der Waals surface area contributed by atoms with E-state index in [0.717, 1.165) is 32.2 Å². The smallest absolute Gasteiger partial charge is 0.0108 e. The van der Waals surface area contributed by atoms with E-state index in [-0.39, 0.29) is 0 Å². The van der Waals surface area contributed by atoms with Gasteiger partial charge in [-0.15, -0.1) is 0 Å². The van der Waals surface area contributed by atoms with E-state index in [9.17, 15) is 0 Å². The van der Waals surface area contributed by atoms with Gasteiger partial charge in [-0.05, 0) is 12.8 Å². The van der Waals surface area contributed by atoms with Gasteiger partial charge in [0.25, 0.3) is 0 Å². The Hall–Kier alpha value is -0.120. The van der Waals surface area contributed by atoms with Gasteiger partial charge in [-0.25, -0.2) is 0 Å². The van der Waals surface area contributed by atoms with Gasteiger partial charge in [0.05, 0.1) is 0 Å². The first-order valence-electron chi connectivity index (χ1n) is 5.52. The van der Waals surface area contributed by atoms with Gasteiger partial charge in [-0.1, -0.05) is 19.3 Å². The number of hydrogen-bond acceptors (Lipinski definition) is 3. The van der Waals surface area contributed by atoms with Crippen LogP contribution in [0.1, 0.15) is 32.1 Å². The molecule has 0 heterocycles. The third-order valence-electron chi connectivity index (χ3n) is 2.92. The minimum absolute atomic E-state index is 0.760. The molecule has 0 aliphatic heterocycles. The highest BCUT2D eigenvalue weighted by atomic mass is 15.2. The fraction of sp³-hybridized carbons (Fsp3) is 1.00. The molecule has 13 heavy (non-hydrogen) atoms. The van der Waals surface area contributed by atoms with Gasteiger partial charge in [-0.3, -0.25) is 4.90 Å². The van der Waals surface area contributed by atoms with Crippen molar-refractivity contribution >= 4 is 0 Å². The second kappa shape index (κ2) is 6.35. The first-order valence-corrected chi connectivity index (χ1v) is 5.52. The van der Waals surface area contributed by atoms with Crippen molar-refractivity contribution in [3.05, 3.63) is 0 Å². The normalized spacial score (nSPS) is 19.6. The summed E-state index contributed by atoms with van der Waals surface area (Å²) < 4.78 is 0. The summed E-state index contributed by atoms with van der Waals surface area (Å²) in [5.74, 6) is 0. The minimum atomic E-state index is 0.760. The van der Waals surface area contributed by atoms with Crippen LogP contribution in [0.5, 0.6) is 0 Å². The van der Waals surface area contributed by atoms with Crippen molar-refractivity contribution in [2.24, 2.45) is 11.5 Å². The second-order valence-electron chi connectivity index (χ2n) is 3.91. The van der Waals surface area contributed by atoms with E-state index in [2.05, 4.69) is 4.90 Å². The van der Waals surface area contributed by atoms with Gasteiger partial charge in [0, 0.05) is 32.2 Å². The van der Waals surface area contributed by atoms with Crippen molar-refractivity contribution < 1.29 is 0 Å². The molecule has 0 saturated heterocycles. The molecule has 1 fully saturated rings. The van der Waals surface area contributed by atoms with Crippen molar-refractivity contribution in [3.8, 4) is 0 Å². The Morgan fingerprint density at radius 3 is 1.92 bits per heavy atom. The summed E-state index contributed by atoms with van der Waals surface area (Å²) in [6, 6.07) is 0.765. The molecule has 0 spiro atoms. The molecular weight excluding hydrogens is 162 g/mol. The molecule has 0 amide bonds. The van der Waals surface area contributed by atoms with E-state index in [0.29, 0.717) is 0 Å². The Morgan fingerprint density at radius 2 is 1.46 bits per heavy atom. The maximum absolute atomic E-state index is 5.58. The zero-order valence-electron chi connectivity index (χ0n) is 8.54. The van der Waals surface area contributed by atoms with Crippen LogP contribution < -0.4 is 11.5 Å². The van der Waals surface area contributed by atoms with Crippen LogP contribution in [-0.4, -0.2) is 37.1 Å². The highest BCUT2D eigenvalue weighted by Crippen LogP contribution is 2.21. The molecule has 0 aromatic heterocycles. The minimum Gasteiger partial charge on any atom is -0.329 e. The molecule has 0 aromatic rings. The number of rotatable bonds is 5. The Labute approximate surface area is 81.5 Å². The average molecular weight is 185 g/mol. The molecule has 1 aliphatic rings. The van der Waals surface area contributed by atoms with E-state index in [4.69, 9.17) is 11.5 Å². The van der Waals surface area contributed by atoms with Crippen molar-refractivity contribution in [2.45, 2.75) is 38.1 Å². The lowest BCUT2D eigenvalue weighted by atomic mass is 9.94. The number of hydrogen-bond donors (Lipinski definition) is 2. The third kappa shape index (κ3) is 3.63. The predicted molar refractivity (Wildman–Crippen MR) is 56.6 cm³/mol. The summed E-state index contributed by atoms with van der Waals surface area (Å²) in [7, 11) is 0. The molecule has 0 unspecified atom stereocenters. The van der Waals surface area contributed by atoms with Gasteiger partial charge >= 0.3 is 0 Å². The molecule has 1 rings (SSSR count). The molecule has 78 valence electrons. The van der Waals surface area contributed by atoms with E-state index < -0.39 is 0 Å². The fourth-order valence-electron chi connectivity index (χ4n) is 2.25. The zero-order valence-corrected chi connectivity index (χ0v) is 8.54. The van der Waals surface area contributed by atoms with Crippen molar-refractivity contribution in [1.29, 1.82) is 0 Å². The van der Waals surface area contributed by atoms with Crippen LogP contribution in [0.3, 0.4) is 0 Å².